The van der Waals surface area contributed by atoms with Crippen LogP contribution in [0.4, 0.5) is 0 Å². The fourth-order valence-corrected chi connectivity index (χ4v) is 3.99. The predicted octanol–water partition coefficient (Wildman–Crippen LogP) is 2.74. The second-order valence-electron chi connectivity index (χ2n) is 6.62. The van der Waals surface area contributed by atoms with E-state index in [1.807, 2.05) is 22.9 Å². The quantitative estimate of drug-likeness (QED) is 0.741. The van der Waals surface area contributed by atoms with Crippen molar-refractivity contribution in [1.82, 2.24) is 24.9 Å². The molecule has 4 heterocycles. The third-order valence-electron chi connectivity index (χ3n) is 4.55. The highest BCUT2D eigenvalue weighted by Crippen LogP contribution is 2.27. The zero-order chi connectivity index (χ0) is 18.3. The molecule has 0 aromatic carbocycles. The van der Waals surface area contributed by atoms with Crippen LogP contribution < -0.4 is 0 Å². The molecule has 0 fully saturated rings. The molecule has 3 aromatic rings. The van der Waals surface area contributed by atoms with Gasteiger partial charge in [-0.1, -0.05) is 0 Å². The first-order chi connectivity index (χ1) is 12.5. The van der Waals surface area contributed by atoms with Crippen LogP contribution >= 0.6 is 11.3 Å². The van der Waals surface area contributed by atoms with Crippen LogP contribution in [0.5, 0.6) is 0 Å². The Hall–Kier alpha value is -2.45. The van der Waals surface area contributed by atoms with Gasteiger partial charge in [-0.05, 0) is 44.5 Å². The third kappa shape index (κ3) is 3.17. The van der Waals surface area contributed by atoms with Gasteiger partial charge in [-0.15, -0.1) is 11.3 Å². The fraction of sp³-hybridized carbons (Fsp3) is 0.389. The van der Waals surface area contributed by atoms with E-state index in [1.165, 1.54) is 4.88 Å². The van der Waals surface area contributed by atoms with Gasteiger partial charge >= 0.3 is 0 Å². The van der Waals surface area contributed by atoms with Crippen molar-refractivity contribution in [2.75, 3.05) is 6.54 Å². The Morgan fingerprint density at radius 3 is 2.92 bits per heavy atom. The van der Waals surface area contributed by atoms with Gasteiger partial charge in [-0.3, -0.25) is 14.6 Å². The molecule has 4 rings (SSSR count). The lowest BCUT2D eigenvalue weighted by atomic mass is 10.2. The van der Waals surface area contributed by atoms with Crippen molar-refractivity contribution < 1.29 is 9.90 Å². The normalized spacial score (nSPS) is 15.6. The summed E-state index contributed by atoms with van der Waals surface area (Å²) in [4.78, 5) is 17.0. The largest absolute Gasteiger partial charge is 0.387 e. The van der Waals surface area contributed by atoms with E-state index in [-0.39, 0.29) is 5.91 Å². The van der Waals surface area contributed by atoms with Gasteiger partial charge in [0.2, 0.25) is 0 Å². The Kier molecular flexibility index (Phi) is 4.37. The zero-order valence-electron chi connectivity index (χ0n) is 14.8. The number of nitrogens with zero attached hydrogens (tertiary/aromatic N) is 4. The predicted molar refractivity (Wildman–Crippen MR) is 98.9 cm³/mol. The molecule has 3 aromatic heterocycles. The summed E-state index contributed by atoms with van der Waals surface area (Å²) >= 11 is 1.67. The van der Waals surface area contributed by atoms with Crippen LogP contribution in [0.2, 0.25) is 0 Å². The van der Waals surface area contributed by atoms with E-state index in [0.717, 1.165) is 29.2 Å². The first-order valence-corrected chi connectivity index (χ1v) is 9.49. The molecular weight excluding hydrogens is 350 g/mol. The number of carbonyl (C=O) groups is 1. The molecule has 0 saturated heterocycles. The second kappa shape index (κ2) is 6.69. The molecule has 0 unspecified atom stereocenters. The summed E-state index contributed by atoms with van der Waals surface area (Å²) in [5.41, 5.74) is 2.87. The molecule has 1 aliphatic heterocycles. The van der Waals surface area contributed by atoms with Crippen LogP contribution in [0.1, 0.15) is 46.2 Å². The molecule has 136 valence electrons. The van der Waals surface area contributed by atoms with Crippen molar-refractivity contribution in [3.8, 4) is 10.6 Å². The molecule has 2 N–H and O–H groups in total. The number of carbonyl (C=O) groups excluding carboxylic acids is 1. The summed E-state index contributed by atoms with van der Waals surface area (Å²) in [7, 11) is 0. The van der Waals surface area contributed by atoms with Crippen molar-refractivity contribution in [2.24, 2.45) is 0 Å². The molecule has 0 radical (unpaired) electrons. The Morgan fingerprint density at radius 1 is 1.35 bits per heavy atom. The number of rotatable bonds is 3. The molecule has 1 amide bonds. The molecular formula is C18H21N5O2S. The summed E-state index contributed by atoms with van der Waals surface area (Å²) in [6.07, 6.45) is 0.211. The molecule has 0 spiro atoms. The van der Waals surface area contributed by atoms with Crippen LogP contribution in [0.15, 0.2) is 24.3 Å². The maximum Gasteiger partial charge on any atom is 0.274 e. The molecule has 0 aliphatic carbocycles. The van der Waals surface area contributed by atoms with E-state index in [4.69, 9.17) is 0 Å². The highest BCUT2D eigenvalue weighted by Gasteiger charge is 2.24. The first kappa shape index (κ1) is 17.0. The van der Waals surface area contributed by atoms with Crippen LogP contribution in [0.3, 0.4) is 0 Å². The van der Waals surface area contributed by atoms with E-state index in [9.17, 15) is 9.90 Å². The van der Waals surface area contributed by atoms with Crippen molar-refractivity contribution in [2.45, 2.75) is 39.5 Å². The fourth-order valence-electron chi connectivity index (χ4n) is 3.16. The number of aromatic amines is 1. The summed E-state index contributed by atoms with van der Waals surface area (Å²) < 4.78 is 1.89. The lowest BCUT2D eigenvalue weighted by Crippen LogP contribution is -2.31. The standard InChI is InChI=1S/C18H21N5O2S/c1-11-4-5-17(26-11)15-9-16(20-19-15)18(25)22-6-3-7-23-13(10-22)8-14(21-23)12(2)24/h4-5,8-9,12,24H,3,6-7,10H2,1-2H3,(H,19,20)/t12-/m1/s1. The number of fused-ring (bicyclic) bond motifs is 1. The summed E-state index contributed by atoms with van der Waals surface area (Å²) in [6, 6.07) is 7.78. The van der Waals surface area contributed by atoms with Crippen LogP contribution in [-0.4, -0.2) is 42.4 Å². The first-order valence-electron chi connectivity index (χ1n) is 8.67. The van der Waals surface area contributed by atoms with Gasteiger partial charge < -0.3 is 10.0 Å². The van der Waals surface area contributed by atoms with Gasteiger partial charge in [-0.25, -0.2) is 0 Å². The number of hydrogen-bond donors (Lipinski definition) is 2. The number of amides is 1. The lowest BCUT2D eigenvalue weighted by molar-refractivity contribution is 0.0739. The van der Waals surface area contributed by atoms with Gasteiger partial charge in [0.25, 0.3) is 5.91 Å². The lowest BCUT2D eigenvalue weighted by Gasteiger charge is -2.18. The van der Waals surface area contributed by atoms with Gasteiger partial charge in [-0.2, -0.15) is 10.2 Å². The van der Waals surface area contributed by atoms with Gasteiger partial charge in [0, 0.05) is 18.0 Å². The molecule has 0 bridgehead atoms. The molecule has 1 atom stereocenters. The number of nitrogens with one attached hydrogen (secondary N) is 1. The number of aromatic nitrogens is 4. The van der Waals surface area contributed by atoms with Gasteiger partial charge in [0.05, 0.1) is 34.6 Å². The van der Waals surface area contributed by atoms with Crippen molar-refractivity contribution in [3.63, 3.8) is 0 Å². The second-order valence-corrected chi connectivity index (χ2v) is 7.90. The van der Waals surface area contributed by atoms with E-state index in [1.54, 1.807) is 23.2 Å². The van der Waals surface area contributed by atoms with Gasteiger partial charge in [0.1, 0.15) is 0 Å². The molecule has 1 aliphatic rings. The Labute approximate surface area is 155 Å². The number of aryl methyl sites for hydroxylation is 2. The SMILES string of the molecule is Cc1ccc(-c2cc(C(=O)N3CCCn4nc([C@@H](C)O)cc4C3)n[nH]2)s1. The van der Waals surface area contributed by atoms with Gasteiger partial charge in [0.15, 0.2) is 5.69 Å². The van der Waals surface area contributed by atoms with E-state index >= 15 is 0 Å². The maximum atomic E-state index is 12.9. The number of H-pyrrole nitrogens is 1. The average molecular weight is 371 g/mol. The summed E-state index contributed by atoms with van der Waals surface area (Å²) in [5.74, 6) is -0.0889. The average Bonchev–Trinajstić information content (AvgIpc) is 3.31. The minimum absolute atomic E-state index is 0.0889. The molecule has 26 heavy (non-hydrogen) atoms. The van der Waals surface area contributed by atoms with E-state index in [0.29, 0.717) is 24.5 Å². The van der Waals surface area contributed by atoms with Crippen LogP contribution in [-0.2, 0) is 13.1 Å². The van der Waals surface area contributed by atoms with E-state index in [2.05, 4.69) is 28.3 Å². The molecule has 0 saturated carbocycles. The minimum Gasteiger partial charge on any atom is -0.387 e. The highest BCUT2D eigenvalue weighted by molar-refractivity contribution is 7.15. The number of hydrogen-bond acceptors (Lipinski definition) is 5. The van der Waals surface area contributed by atoms with Crippen LogP contribution in [0.25, 0.3) is 10.6 Å². The number of aliphatic hydroxyl groups is 1. The maximum absolute atomic E-state index is 12.9. The number of thiophene rings is 1. The molecule has 7 nitrogen and oxygen atoms in total. The monoisotopic (exact) mass is 371 g/mol. The van der Waals surface area contributed by atoms with Crippen LogP contribution in [0, 0.1) is 6.92 Å². The summed E-state index contributed by atoms with van der Waals surface area (Å²) in [6.45, 7) is 5.62. The summed E-state index contributed by atoms with van der Waals surface area (Å²) in [5, 5.41) is 21.4. The minimum atomic E-state index is -0.610. The highest BCUT2D eigenvalue weighted by atomic mass is 32.1. The zero-order valence-corrected chi connectivity index (χ0v) is 15.6. The smallest absolute Gasteiger partial charge is 0.274 e. The van der Waals surface area contributed by atoms with E-state index < -0.39 is 6.10 Å². The number of aliphatic hydroxyl groups excluding tert-OH is 1. The Morgan fingerprint density at radius 2 is 2.19 bits per heavy atom. The Balaban J connectivity index is 1.55. The Bertz CT molecular complexity index is 939. The topological polar surface area (TPSA) is 87.0 Å². The van der Waals surface area contributed by atoms with Crippen molar-refractivity contribution >= 4 is 17.2 Å². The third-order valence-corrected chi connectivity index (χ3v) is 5.59. The molecule has 8 heteroatoms. The van der Waals surface area contributed by atoms with Crippen molar-refractivity contribution in [3.05, 3.63) is 46.2 Å². The van der Waals surface area contributed by atoms with Crippen molar-refractivity contribution in [1.29, 1.82) is 0 Å².